The molecule has 1 aromatic carbocycles. The molecular weight excluding hydrogens is 292 g/mol. The van der Waals surface area contributed by atoms with Crippen molar-refractivity contribution in [2.75, 3.05) is 5.75 Å². The van der Waals surface area contributed by atoms with Crippen molar-refractivity contribution in [1.82, 2.24) is 14.8 Å². The average molecular weight is 309 g/mol. The lowest BCUT2D eigenvalue weighted by Gasteiger charge is -2.05. The van der Waals surface area contributed by atoms with Crippen LogP contribution in [0.25, 0.3) is 0 Å². The first-order valence-electron chi connectivity index (χ1n) is 7.12. The number of benzene rings is 1. The largest absolute Gasteiger partial charge is 0.309 e. The molecule has 0 atom stereocenters. The van der Waals surface area contributed by atoms with Gasteiger partial charge < -0.3 is 4.57 Å². The van der Waals surface area contributed by atoms with Crippen LogP contribution in [0.5, 0.6) is 0 Å². The summed E-state index contributed by atoms with van der Waals surface area (Å²) in [4.78, 5) is 0. The molecule has 2 aromatic rings. The van der Waals surface area contributed by atoms with E-state index < -0.39 is 11.6 Å². The summed E-state index contributed by atoms with van der Waals surface area (Å²) < 4.78 is 29.0. The van der Waals surface area contributed by atoms with Gasteiger partial charge in [0.2, 0.25) is 0 Å². The maximum Gasteiger partial charge on any atom is 0.190 e. The van der Waals surface area contributed by atoms with E-state index in [0.29, 0.717) is 18.8 Å². The lowest BCUT2D eigenvalue weighted by Crippen LogP contribution is -1.99. The highest BCUT2D eigenvalue weighted by molar-refractivity contribution is 7.99. The molecule has 0 N–H and O–H groups in total. The van der Waals surface area contributed by atoms with Crippen molar-refractivity contribution in [1.29, 1.82) is 0 Å². The Labute approximate surface area is 126 Å². The van der Waals surface area contributed by atoms with Gasteiger partial charge in [-0.2, -0.15) is 0 Å². The van der Waals surface area contributed by atoms with Crippen LogP contribution >= 0.6 is 11.8 Å². The fourth-order valence-corrected chi connectivity index (χ4v) is 3.19. The smallest absolute Gasteiger partial charge is 0.190 e. The average Bonchev–Trinajstić information content (AvgIpc) is 3.23. The molecule has 0 unspecified atom stereocenters. The Kier molecular flexibility index (Phi) is 4.24. The van der Waals surface area contributed by atoms with Crippen molar-refractivity contribution < 1.29 is 8.78 Å². The SMILES string of the molecule is Cn1c(SCCCc2c(F)cccc2F)nnc1C1CC1. The standard InChI is InChI=1S/C15H17F2N3S/c1-20-14(10-7-8-10)18-19-15(20)21-9-3-4-11-12(16)5-2-6-13(11)17/h2,5-6,10H,3-4,7-9H2,1H3. The predicted molar refractivity (Wildman–Crippen MR) is 78.4 cm³/mol. The Morgan fingerprint density at radius 2 is 1.95 bits per heavy atom. The van der Waals surface area contributed by atoms with Crippen LogP contribution in [0, 0.1) is 11.6 Å². The predicted octanol–water partition coefficient (Wildman–Crippen LogP) is 3.70. The van der Waals surface area contributed by atoms with Gasteiger partial charge in [-0.25, -0.2) is 8.78 Å². The number of nitrogens with zero attached hydrogens (tertiary/aromatic N) is 3. The molecule has 3 nitrogen and oxygen atoms in total. The highest BCUT2D eigenvalue weighted by atomic mass is 32.2. The molecule has 21 heavy (non-hydrogen) atoms. The lowest BCUT2D eigenvalue weighted by atomic mass is 10.1. The third-order valence-electron chi connectivity index (χ3n) is 3.68. The summed E-state index contributed by atoms with van der Waals surface area (Å²) in [5.74, 6) is 1.47. The number of hydrogen-bond acceptors (Lipinski definition) is 3. The van der Waals surface area contributed by atoms with E-state index in [1.54, 1.807) is 11.8 Å². The maximum absolute atomic E-state index is 13.5. The summed E-state index contributed by atoms with van der Waals surface area (Å²) in [6.45, 7) is 0. The van der Waals surface area contributed by atoms with Crippen LogP contribution < -0.4 is 0 Å². The minimum absolute atomic E-state index is 0.176. The van der Waals surface area contributed by atoms with Gasteiger partial charge in [-0.05, 0) is 37.8 Å². The van der Waals surface area contributed by atoms with Crippen molar-refractivity contribution in [3.05, 3.63) is 41.2 Å². The van der Waals surface area contributed by atoms with E-state index in [4.69, 9.17) is 0 Å². The quantitative estimate of drug-likeness (QED) is 0.602. The van der Waals surface area contributed by atoms with Gasteiger partial charge in [0.1, 0.15) is 17.5 Å². The van der Waals surface area contributed by atoms with E-state index in [1.807, 2.05) is 11.6 Å². The molecule has 0 saturated heterocycles. The molecule has 1 heterocycles. The Hall–Kier alpha value is -1.43. The van der Waals surface area contributed by atoms with Gasteiger partial charge in [0, 0.05) is 24.3 Å². The summed E-state index contributed by atoms with van der Waals surface area (Å²) in [5, 5.41) is 9.28. The van der Waals surface area contributed by atoms with Crippen LogP contribution in [-0.4, -0.2) is 20.5 Å². The fraction of sp³-hybridized carbons (Fsp3) is 0.467. The monoisotopic (exact) mass is 309 g/mol. The molecule has 0 bridgehead atoms. The molecule has 3 rings (SSSR count). The second-order valence-electron chi connectivity index (χ2n) is 5.33. The number of thioether (sulfide) groups is 1. The van der Waals surface area contributed by atoms with Gasteiger partial charge in [0.05, 0.1) is 0 Å². The van der Waals surface area contributed by atoms with Crippen LogP contribution in [0.4, 0.5) is 8.78 Å². The lowest BCUT2D eigenvalue weighted by molar-refractivity contribution is 0.553. The van der Waals surface area contributed by atoms with E-state index in [-0.39, 0.29) is 5.56 Å². The van der Waals surface area contributed by atoms with Crippen LogP contribution in [0.3, 0.4) is 0 Å². The molecule has 0 spiro atoms. The molecular formula is C15H17F2N3S. The molecule has 0 amide bonds. The highest BCUT2D eigenvalue weighted by Crippen LogP contribution is 2.39. The summed E-state index contributed by atoms with van der Waals surface area (Å²) >= 11 is 1.59. The summed E-state index contributed by atoms with van der Waals surface area (Å²) in [7, 11) is 1.98. The van der Waals surface area contributed by atoms with Crippen LogP contribution in [0.1, 0.15) is 36.6 Å². The van der Waals surface area contributed by atoms with Gasteiger partial charge in [-0.1, -0.05) is 17.8 Å². The zero-order chi connectivity index (χ0) is 14.8. The number of aromatic nitrogens is 3. The minimum atomic E-state index is -0.463. The molecule has 1 aliphatic rings. The first kappa shape index (κ1) is 14.5. The zero-order valence-electron chi connectivity index (χ0n) is 11.9. The van der Waals surface area contributed by atoms with Gasteiger partial charge in [0.15, 0.2) is 5.16 Å². The first-order chi connectivity index (χ1) is 10.2. The Bertz CT molecular complexity index is 618. The second kappa shape index (κ2) is 6.13. The summed E-state index contributed by atoms with van der Waals surface area (Å²) in [6.07, 6.45) is 3.50. The van der Waals surface area contributed by atoms with Crippen LogP contribution in [0.2, 0.25) is 0 Å². The molecule has 6 heteroatoms. The second-order valence-corrected chi connectivity index (χ2v) is 6.39. The van der Waals surface area contributed by atoms with Crippen LogP contribution in [0.15, 0.2) is 23.4 Å². The van der Waals surface area contributed by atoms with Crippen molar-refractivity contribution in [2.45, 2.75) is 36.8 Å². The van der Waals surface area contributed by atoms with Gasteiger partial charge >= 0.3 is 0 Å². The molecule has 0 radical (unpaired) electrons. The van der Waals surface area contributed by atoms with Gasteiger partial charge in [-0.15, -0.1) is 10.2 Å². The number of halogens is 2. The summed E-state index contributed by atoms with van der Waals surface area (Å²) in [5.41, 5.74) is 0.176. The molecule has 112 valence electrons. The Morgan fingerprint density at radius 1 is 1.24 bits per heavy atom. The molecule has 1 aromatic heterocycles. The van der Waals surface area contributed by atoms with E-state index in [2.05, 4.69) is 10.2 Å². The maximum atomic E-state index is 13.5. The third kappa shape index (κ3) is 3.26. The Balaban J connectivity index is 1.52. The van der Waals surface area contributed by atoms with Crippen molar-refractivity contribution in [3.8, 4) is 0 Å². The third-order valence-corrected chi connectivity index (χ3v) is 4.78. The van der Waals surface area contributed by atoms with Crippen LogP contribution in [-0.2, 0) is 13.5 Å². The zero-order valence-corrected chi connectivity index (χ0v) is 12.7. The first-order valence-corrected chi connectivity index (χ1v) is 8.10. The molecule has 1 fully saturated rings. The molecule has 1 saturated carbocycles. The topological polar surface area (TPSA) is 30.7 Å². The van der Waals surface area contributed by atoms with Gasteiger partial charge in [-0.3, -0.25) is 0 Å². The number of hydrogen-bond donors (Lipinski definition) is 0. The highest BCUT2D eigenvalue weighted by Gasteiger charge is 2.29. The van der Waals surface area contributed by atoms with E-state index in [1.165, 1.54) is 31.0 Å². The fourth-order valence-electron chi connectivity index (χ4n) is 2.33. The van der Waals surface area contributed by atoms with Gasteiger partial charge in [0.25, 0.3) is 0 Å². The van der Waals surface area contributed by atoms with Crippen molar-refractivity contribution in [3.63, 3.8) is 0 Å². The van der Waals surface area contributed by atoms with Crippen molar-refractivity contribution >= 4 is 11.8 Å². The van der Waals surface area contributed by atoms with Crippen molar-refractivity contribution in [2.24, 2.45) is 7.05 Å². The minimum Gasteiger partial charge on any atom is -0.309 e. The Morgan fingerprint density at radius 3 is 2.62 bits per heavy atom. The van der Waals surface area contributed by atoms with E-state index in [9.17, 15) is 8.78 Å². The number of rotatable bonds is 6. The normalized spacial score (nSPS) is 14.6. The molecule has 1 aliphatic carbocycles. The summed E-state index contributed by atoms with van der Waals surface area (Å²) in [6, 6.07) is 3.99. The molecule has 0 aliphatic heterocycles. The van der Waals surface area contributed by atoms with E-state index >= 15 is 0 Å². The van der Waals surface area contributed by atoms with E-state index in [0.717, 1.165) is 16.7 Å².